The van der Waals surface area contributed by atoms with Gasteiger partial charge in [0.2, 0.25) is 0 Å². The summed E-state index contributed by atoms with van der Waals surface area (Å²) < 4.78 is 5.97. The highest BCUT2D eigenvalue weighted by Crippen LogP contribution is 2.33. The van der Waals surface area contributed by atoms with E-state index in [1.54, 1.807) is 17.2 Å². The zero-order chi connectivity index (χ0) is 20.8. The second kappa shape index (κ2) is 7.33. The van der Waals surface area contributed by atoms with E-state index in [2.05, 4.69) is 46.2 Å². The predicted molar refractivity (Wildman–Crippen MR) is 115 cm³/mol. The highest BCUT2D eigenvalue weighted by Gasteiger charge is 2.29. The van der Waals surface area contributed by atoms with E-state index in [-0.39, 0.29) is 17.5 Å². The topological polar surface area (TPSA) is 128 Å². The van der Waals surface area contributed by atoms with Crippen molar-refractivity contribution >= 4 is 50.6 Å². The van der Waals surface area contributed by atoms with Crippen molar-refractivity contribution < 1.29 is 9.53 Å². The minimum absolute atomic E-state index is 0.0279. The Balaban J connectivity index is 1.54. The van der Waals surface area contributed by atoms with Crippen molar-refractivity contribution in [1.29, 1.82) is 0 Å². The molecule has 1 fully saturated rings. The lowest BCUT2D eigenvalue weighted by molar-refractivity contribution is 0.00327. The number of aliphatic imine (C=N–C) groups is 1. The van der Waals surface area contributed by atoms with Gasteiger partial charge in [-0.3, -0.25) is 14.6 Å². The summed E-state index contributed by atoms with van der Waals surface area (Å²) in [7, 11) is 0. The minimum atomic E-state index is -0.267. The molecule has 1 atom stereocenters. The van der Waals surface area contributed by atoms with Gasteiger partial charge in [-0.05, 0) is 28.9 Å². The molecule has 0 aromatic carbocycles. The standard InChI is InChI=1S/C19H18BrN7O3/c1-9-7-30-3-2-27(9)19(29)15-14(20)13-16(22-8-23-17(13)26-15)24-11-4-10-5-21-6-12(10)25-18(11)28/h4-5,8-9H,2-3,6-7H2,1H3,(H,25,28)(H2,22,23,24,26)/t9-/m0/s1. The number of aromatic amines is 2. The number of anilines is 2. The lowest BCUT2D eigenvalue weighted by Crippen LogP contribution is -2.47. The Morgan fingerprint density at radius 3 is 3.07 bits per heavy atom. The lowest BCUT2D eigenvalue weighted by atomic mass is 10.2. The normalized spacial score (nSPS) is 18.1. The van der Waals surface area contributed by atoms with Crippen LogP contribution in [0.2, 0.25) is 0 Å². The van der Waals surface area contributed by atoms with Crippen LogP contribution in [0.1, 0.15) is 28.7 Å². The fourth-order valence-electron chi connectivity index (χ4n) is 3.69. The molecule has 0 spiro atoms. The number of nitrogens with one attached hydrogen (secondary N) is 3. The molecule has 5 rings (SSSR count). The fourth-order valence-corrected chi connectivity index (χ4v) is 4.33. The summed E-state index contributed by atoms with van der Waals surface area (Å²) in [6, 6.07) is 1.71. The second-order valence-electron chi connectivity index (χ2n) is 7.22. The van der Waals surface area contributed by atoms with Gasteiger partial charge in [-0.25, -0.2) is 9.97 Å². The number of aromatic nitrogens is 4. The minimum Gasteiger partial charge on any atom is -0.377 e. The smallest absolute Gasteiger partial charge is 0.271 e. The maximum Gasteiger partial charge on any atom is 0.271 e. The molecule has 3 aromatic rings. The molecule has 2 aliphatic rings. The van der Waals surface area contributed by atoms with Crippen LogP contribution >= 0.6 is 15.9 Å². The molecule has 0 unspecified atom stereocenters. The third-order valence-corrected chi connectivity index (χ3v) is 6.06. The molecule has 0 bridgehead atoms. The molecule has 3 aromatic heterocycles. The van der Waals surface area contributed by atoms with Gasteiger partial charge in [-0.1, -0.05) is 0 Å². The van der Waals surface area contributed by atoms with Gasteiger partial charge in [0.05, 0.1) is 35.7 Å². The number of halogens is 1. The van der Waals surface area contributed by atoms with Crippen molar-refractivity contribution in [3.8, 4) is 0 Å². The van der Waals surface area contributed by atoms with Gasteiger partial charge in [0.25, 0.3) is 11.5 Å². The Kier molecular flexibility index (Phi) is 4.63. The molecule has 3 N–H and O–H groups in total. The van der Waals surface area contributed by atoms with E-state index in [1.165, 1.54) is 6.33 Å². The van der Waals surface area contributed by atoms with Crippen LogP contribution in [0, 0.1) is 0 Å². The molecule has 11 heteroatoms. The molecular formula is C19H18BrN7O3. The van der Waals surface area contributed by atoms with Crippen molar-refractivity contribution in [2.75, 3.05) is 25.1 Å². The lowest BCUT2D eigenvalue weighted by Gasteiger charge is -2.33. The number of nitrogens with zero attached hydrogens (tertiary/aromatic N) is 4. The first-order chi connectivity index (χ1) is 14.5. The zero-order valence-corrected chi connectivity index (χ0v) is 17.6. The average Bonchev–Trinajstić information content (AvgIpc) is 3.32. The molecule has 1 amide bonds. The Bertz CT molecular complexity index is 1250. The van der Waals surface area contributed by atoms with Crippen LogP contribution in [0.15, 0.2) is 26.7 Å². The Morgan fingerprint density at radius 2 is 2.23 bits per heavy atom. The van der Waals surface area contributed by atoms with Crippen molar-refractivity contribution in [3.05, 3.63) is 44.2 Å². The van der Waals surface area contributed by atoms with Crippen molar-refractivity contribution in [3.63, 3.8) is 0 Å². The van der Waals surface area contributed by atoms with Crippen molar-refractivity contribution in [1.82, 2.24) is 24.8 Å². The summed E-state index contributed by atoms with van der Waals surface area (Å²) in [6.07, 6.45) is 3.10. The summed E-state index contributed by atoms with van der Waals surface area (Å²) in [6.45, 7) is 3.94. The monoisotopic (exact) mass is 471 g/mol. The fraction of sp³-hybridized carbons (Fsp3) is 0.316. The van der Waals surface area contributed by atoms with Gasteiger partial charge in [-0.2, -0.15) is 0 Å². The number of carbonyl (C=O) groups is 1. The summed E-state index contributed by atoms with van der Waals surface area (Å²) in [5.41, 5.74) is 2.59. The van der Waals surface area contributed by atoms with Crippen LogP contribution in [-0.4, -0.2) is 62.8 Å². The molecule has 0 saturated carbocycles. The number of hydrogen-bond donors (Lipinski definition) is 3. The Labute approximate surface area is 178 Å². The number of morpholine rings is 1. The zero-order valence-electron chi connectivity index (χ0n) is 16.0. The number of rotatable bonds is 3. The molecular weight excluding hydrogens is 454 g/mol. The predicted octanol–water partition coefficient (Wildman–Crippen LogP) is 1.95. The number of ether oxygens (including phenoxy) is 1. The van der Waals surface area contributed by atoms with E-state index in [1.807, 2.05) is 6.92 Å². The maximum absolute atomic E-state index is 13.1. The van der Waals surface area contributed by atoms with Gasteiger partial charge in [0, 0.05) is 24.0 Å². The van der Waals surface area contributed by atoms with Gasteiger partial charge < -0.3 is 24.9 Å². The quantitative estimate of drug-likeness (QED) is 0.535. The number of amides is 1. The van der Waals surface area contributed by atoms with E-state index in [0.717, 1.165) is 11.3 Å². The molecule has 10 nitrogen and oxygen atoms in total. The van der Waals surface area contributed by atoms with Gasteiger partial charge in [0.1, 0.15) is 29.2 Å². The number of hydrogen-bond acceptors (Lipinski definition) is 7. The van der Waals surface area contributed by atoms with E-state index in [0.29, 0.717) is 59.0 Å². The first-order valence-electron chi connectivity index (χ1n) is 9.47. The average molecular weight is 472 g/mol. The van der Waals surface area contributed by atoms with Crippen LogP contribution in [-0.2, 0) is 11.3 Å². The van der Waals surface area contributed by atoms with Crippen LogP contribution in [0.3, 0.4) is 0 Å². The van der Waals surface area contributed by atoms with Crippen LogP contribution in [0.5, 0.6) is 0 Å². The summed E-state index contributed by atoms with van der Waals surface area (Å²) in [4.78, 5) is 46.0. The van der Waals surface area contributed by atoms with E-state index < -0.39 is 0 Å². The number of pyridine rings is 1. The van der Waals surface area contributed by atoms with Gasteiger partial charge in [0.15, 0.2) is 0 Å². The molecule has 154 valence electrons. The maximum atomic E-state index is 13.1. The van der Waals surface area contributed by atoms with Crippen LogP contribution < -0.4 is 10.9 Å². The Morgan fingerprint density at radius 1 is 1.37 bits per heavy atom. The van der Waals surface area contributed by atoms with Crippen LogP contribution in [0.4, 0.5) is 11.5 Å². The van der Waals surface area contributed by atoms with Gasteiger partial charge >= 0.3 is 0 Å². The molecule has 0 aliphatic carbocycles. The number of H-pyrrole nitrogens is 2. The summed E-state index contributed by atoms with van der Waals surface area (Å²) in [5, 5.41) is 3.67. The molecule has 30 heavy (non-hydrogen) atoms. The highest BCUT2D eigenvalue weighted by atomic mass is 79.9. The van der Waals surface area contributed by atoms with Crippen LogP contribution in [0.25, 0.3) is 11.0 Å². The van der Waals surface area contributed by atoms with E-state index in [4.69, 9.17) is 4.74 Å². The number of carbonyl (C=O) groups excluding carboxylic acids is 1. The first kappa shape index (κ1) is 18.9. The third kappa shape index (κ3) is 3.10. The third-order valence-electron chi connectivity index (χ3n) is 5.26. The summed E-state index contributed by atoms with van der Waals surface area (Å²) in [5.74, 6) is 0.269. The molecule has 1 saturated heterocycles. The largest absolute Gasteiger partial charge is 0.377 e. The van der Waals surface area contributed by atoms with E-state index >= 15 is 0 Å². The molecule has 2 aliphatic heterocycles. The first-order valence-corrected chi connectivity index (χ1v) is 10.3. The SMILES string of the molecule is C[C@H]1COCCN1C(=O)c1[nH]c2ncnc(Nc3cc4c([nH]c3=O)CN=C4)c2c1Br. The highest BCUT2D eigenvalue weighted by molar-refractivity contribution is 9.10. The Hall–Kier alpha value is -3.05. The number of fused-ring (bicyclic) bond motifs is 2. The van der Waals surface area contributed by atoms with E-state index in [9.17, 15) is 9.59 Å². The van der Waals surface area contributed by atoms with Crippen molar-refractivity contribution in [2.45, 2.75) is 19.5 Å². The molecule has 0 radical (unpaired) electrons. The van der Waals surface area contributed by atoms with Crippen molar-refractivity contribution in [2.24, 2.45) is 4.99 Å². The second-order valence-corrected chi connectivity index (χ2v) is 8.02. The molecule has 5 heterocycles. The van der Waals surface area contributed by atoms with Gasteiger partial charge in [-0.15, -0.1) is 0 Å². The summed E-state index contributed by atoms with van der Waals surface area (Å²) >= 11 is 3.53.